The van der Waals surface area contributed by atoms with Crippen LogP contribution in [0.3, 0.4) is 0 Å². The molecule has 23 heavy (non-hydrogen) atoms. The molecule has 0 atom stereocenters. The van der Waals surface area contributed by atoms with Gasteiger partial charge in [-0.1, -0.05) is 90.4 Å². The summed E-state index contributed by atoms with van der Waals surface area (Å²) in [7, 11) is 0. The molecule has 0 aliphatic heterocycles. The molecule has 0 saturated carbocycles. The van der Waals surface area contributed by atoms with Crippen molar-refractivity contribution >= 4 is 11.8 Å². The molecule has 0 N–H and O–H groups in total. The van der Waals surface area contributed by atoms with Crippen LogP contribution in [-0.4, -0.2) is 18.4 Å². The van der Waals surface area contributed by atoms with Gasteiger partial charge in [0.15, 0.2) is 0 Å². The largest absolute Gasteiger partial charge is 0.465 e. The third kappa shape index (κ3) is 19.1. The van der Waals surface area contributed by atoms with Gasteiger partial charge in [0.25, 0.3) is 0 Å². The van der Waals surface area contributed by atoms with Gasteiger partial charge in [-0.3, -0.25) is 9.59 Å². The molecule has 0 unspecified atom stereocenters. The van der Waals surface area contributed by atoms with Crippen LogP contribution in [0.25, 0.3) is 0 Å². The Morgan fingerprint density at radius 2 is 1.04 bits per heavy atom. The lowest BCUT2D eigenvalue weighted by Crippen LogP contribution is -2.09. The third-order valence-electron chi connectivity index (χ3n) is 4.15. The highest BCUT2D eigenvalue weighted by atomic mass is 16.5. The van der Waals surface area contributed by atoms with Crippen LogP contribution >= 0.6 is 0 Å². The summed E-state index contributed by atoms with van der Waals surface area (Å²) in [6.45, 7) is 4.14. The Balaban J connectivity index is 3.08. The Bertz CT molecular complexity index is 287. The maximum absolute atomic E-state index is 11.1. The van der Waals surface area contributed by atoms with Gasteiger partial charge in [-0.15, -0.1) is 0 Å². The minimum absolute atomic E-state index is 0.0847. The van der Waals surface area contributed by atoms with Gasteiger partial charge in [0.2, 0.25) is 0 Å². The number of hydrogen-bond donors (Lipinski definition) is 0. The summed E-state index contributed by atoms with van der Waals surface area (Å²) in [5.41, 5.74) is 0. The zero-order valence-electron chi connectivity index (χ0n) is 15.5. The summed E-state index contributed by atoms with van der Waals surface area (Å²) in [4.78, 5) is 21.9. The molecule has 0 aromatic rings. The molecule has 0 fully saturated rings. The van der Waals surface area contributed by atoms with Crippen LogP contribution in [0.5, 0.6) is 0 Å². The molecule has 0 rings (SSSR count). The molecule has 0 aromatic carbocycles. The minimum Gasteiger partial charge on any atom is -0.465 e. The lowest BCUT2D eigenvalue weighted by molar-refractivity contribution is -0.145. The second-order valence-corrected chi connectivity index (χ2v) is 6.70. The molecule has 0 spiro atoms. The number of Topliss-reactive ketones (excluding diaryl/α,β-unsaturated/α-hetero) is 1. The molecule has 0 aliphatic rings. The summed E-state index contributed by atoms with van der Waals surface area (Å²) < 4.78 is 5.00. The average molecular weight is 327 g/mol. The molecule has 0 heterocycles. The molecule has 3 heteroatoms. The topological polar surface area (TPSA) is 43.4 Å². The fraction of sp³-hybridized carbons (Fsp3) is 0.900. The minimum atomic E-state index is -0.382. The van der Waals surface area contributed by atoms with E-state index in [1.165, 1.54) is 84.0 Å². The van der Waals surface area contributed by atoms with Crippen molar-refractivity contribution in [3.05, 3.63) is 0 Å². The van der Waals surface area contributed by atoms with Crippen molar-refractivity contribution in [2.45, 2.75) is 110 Å². The zero-order valence-corrected chi connectivity index (χ0v) is 15.5. The molecular formula is C20H38O3. The van der Waals surface area contributed by atoms with Crippen molar-refractivity contribution in [3.63, 3.8) is 0 Å². The molecule has 0 aliphatic carbocycles. The molecular weight excluding hydrogens is 288 g/mol. The monoisotopic (exact) mass is 326 g/mol. The smallest absolute Gasteiger partial charge is 0.313 e. The van der Waals surface area contributed by atoms with E-state index in [4.69, 9.17) is 4.74 Å². The van der Waals surface area contributed by atoms with E-state index in [0.29, 0.717) is 6.61 Å². The van der Waals surface area contributed by atoms with Crippen LogP contribution in [0.2, 0.25) is 0 Å². The van der Waals surface area contributed by atoms with E-state index < -0.39 is 0 Å². The quantitative estimate of drug-likeness (QED) is 0.187. The van der Waals surface area contributed by atoms with Gasteiger partial charge in [0.1, 0.15) is 12.2 Å². The van der Waals surface area contributed by atoms with E-state index in [2.05, 4.69) is 6.92 Å². The first-order valence-corrected chi connectivity index (χ1v) is 9.82. The van der Waals surface area contributed by atoms with E-state index in [9.17, 15) is 9.59 Å². The second-order valence-electron chi connectivity index (χ2n) is 6.70. The normalized spacial score (nSPS) is 10.7. The highest BCUT2D eigenvalue weighted by Crippen LogP contribution is 2.12. The Kier molecular flexibility index (Phi) is 16.8. The predicted molar refractivity (Wildman–Crippen MR) is 96.6 cm³/mol. The molecule has 0 aromatic heterocycles. The maximum Gasteiger partial charge on any atom is 0.313 e. The summed E-state index contributed by atoms with van der Waals surface area (Å²) in [5.74, 6) is -0.511. The van der Waals surface area contributed by atoms with Crippen LogP contribution in [0.1, 0.15) is 110 Å². The van der Waals surface area contributed by atoms with Crippen molar-refractivity contribution in [3.8, 4) is 0 Å². The molecule has 0 amide bonds. The lowest BCUT2D eigenvalue weighted by Gasteiger charge is -2.04. The standard InChI is InChI=1S/C20H38O3/c1-3-4-5-6-7-8-9-10-11-12-13-14-15-16-17-23-20(22)18-19(2)21/h3-18H2,1-2H3. The van der Waals surface area contributed by atoms with Gasteiger partial charge in [-0.25, -0.2) is 0 Å². The lowest BCUT2D eigenvalue weighted by atomic mass is 10.0. The number of esters is 1. The average Bonchev–Trinajstić information content (AvgIpc) is 2.50. The highest BCUT2D eigenvalue weighted by molar-refractivity contribution is 5.94. The Labute approximate surface area is 143 Å². The van der Waals surface area contributed by atoms with Crippen molar-refractivity contribution in [2.24, 2.45) is 0 Å². The molecule has 0 bridgehead atoms. The summed E-state index contributed by atoms with van der Waals surface area (Å²) in [6, 6.07) is 0. The second kappa shape index (κ2) is 17.5. The van der Waals surface area contributed by atoms with Gasteiger partial charge in [-0.05, 0) is 13.3 Å². The number of ketones is 1. The number of carbonyl (C=O) groups excluding carboxylic acids is 2. The van der Waals surface area contributed by atoms with E-state index in [1.807, 2.05) is 0 Å². The van der Waals surface area contributed by atoms with E-state index in [1.54, 1.807) is 0 Å². The van der Waals surface area contributed by atoms with Crippen molar-refractivity contribution in [1.29, 1.82) is 0 Å². The first kappa shape index (κ1) is 22.1. The fourth-order valence-corrected chi connectivity index (χ4v) is 2.74. The Hall–Kier alpha value is -0.860. The van der Waals surface area contributed by atoms with E-state index in [0.717, 1.165) is 12.8 Å². The SMILES string of the molecule is CCCCCCCCCCCCCCCCOC(=O)CC(C)=O. The van der Waals surface area contributed by atoms with Crippen LogP contribution in [-0.2, 0) is 14.3 Å². The van der Waals surface area contributed by atoms with Crippen molar-refractivity contribution < 1.29 is 14.3 Å². The first-order valence-electron chi connectivity index (χ1n) is 9.82. The van der Waals surface area contributed by atoms with Gasteiger partial charge < -0.3 is 4.74 Å². The van der Waals surface area contributed by atoms with Gasteiger partial charge in [-0.2, -0.15) is 0 Å². The van der Waals surface area contributed by atoms with Crippen LogP contribution in [0, 0.1) is 0 Å². The summed E-state index contributed by atoms with van der Waals surface area (Å²) in [6.07, 6.45) is 18.3. The van der Waals surface area contributed by atoms with Gasteiger partial charge in [0, 0.05) is 0 Å². The highest BCUT2D eigenvalue weighted by Gasteiger charge is 2.05. The van der Waals surface area contributed by atoms with Crippen LogP contribution < -0.4 is 0 Å². The number of hydrogen-bond acceptors (Lipinski definition) is 3. The van der Waals surface area contributed by atoms with Crippen LogP contribution in [0.15, 0.2) is 0 Å². The fourth-order valence-electron chi connectivity index (χ4n) is 2.74. The predicted octanol–water partition coefficient (Wildman–Crippen LogP) is 5.99. The summed E-state index contributed by atoms with van der Waals surface area (Å²) in [5, 5.41) is 0. The molecule has 3 nitrogen and oxygen atoms in total. The third-order valence-corrected chi connectivity index (χ3v) is 4.15. The van der Waals surface area contributed by atoms with E-state index in [-0.39, 0.29) is 18.2 Å². The molecule has 0 saturated heterocycles. The molecule has 136 valence electrons. The number of carbonyl (C=O) groups is 2. The number of ether oxygens (including phenoxy) is 1. The van der Waals surface area contributed by atoms with Crippen LogP contribution in [0.4, 0.5) is 0 Å². The van der Waals surface area contributed by atoms with Crippen molar-refractivity contribution in [2.75, 3.05) is 6.61 Å². The zero-order chi connectivity index (χ0) is 17.2. The number of unbranched alkanes of at least 4 members (excludes halogenated alkanes) is 13. The molecule has 0 radical (unpaired) electrons. The Morgan fingerprint density at radius 3 is 1.43 bits per heavy atom. The Morgan fingerprint density at radius 1 is 0.652 bits per heavy atom. The maximum atomic E-state index is 11.1. The van der Waals surface area contributed by atoms with Gasteiger partial charge >= 0.3 is 5.97 Å². The van der Waals surface area contributed by atoms with Gasteiger partial charge in [0.05, 0.1) is 6.61 Å². The van der Waals surface area contributed by atoms with E-state index >= 15 is 0 Å². The first-order chi connectivity index (χ1) is 11.2. The summed E-state index contributed by atoms with van der Waals surface area (Å²) >= 11 is 0. The number of rotatable bonds is 17. The van der Waals surface area contributed by atoms with Crippen molar-refractivity contribution in [1.82, 2.24) is 0 Å².